The maximum Gasteiger partial charge on any atom is 0.201 e. The van der Waals surface area contributed by atoms with Crippen LogP contribution >= 0.6 is 23.2 Å². The number of rotatable bonds is 12. The van der Waals surface area contributed by atoms with E-state index in [2.05, 4.69) is 0 Å². The molecule has 0 saturated carbocycles. The van der Waals surface area contributed by atoms with E-state index in [0.29, 0.717) is 23.2 Å². The number of methoxy groups -OCH3 is 1. The van der Waals surface area contributed by atoms with Gasteiger partial charge in [-0.15, -0.1) is 0 Å². The Bertz CT molecular complexity index is 1660. The van der Waals surface area contributed by atoms with Crippen molar-refractivity contribution in [3.05, 3.63) is 127 Å². The van der Waals surface area contributed by atoms with Crippen molar-refractivity contribution >= 4 is 35.3 Å². The summed E-state index contributed by atoms with van der Waals surface area (Å²) in [5.74, 6) is -0.779. The van der Waals surface area contributed by atoms with Gasteiger partial charge in [0.2, 0.25) is 5.78 Å². The molecule has 0 heterocycles. The monoisotopic (exact) mass is 618 g/mol. The number of phenolic OH excluding ortho intramolecular Hbond substituents is 1. The average molecular weight is 620 g/mol. The van der Waals surface area contributed by atoms with Crippen molar-refractivity contribution in [2.24, 2.45) is 0 Å². The van der Waals surface area contributed by atoms with Gasteiger partial charge in [0.05, 0.1) is 22.7 Å². The second kappa shape index (κ2) is 14.3. The van der Waals surface area contributed by atoms with Crippen LogP contribution < -0.4 is 14.2 Å². The minimum absolute atomic E-state index is 0.000536. The molecule has 222 valence electrons. The SMILES string of the molecule is COc1c(Cl)c(C)c(Cl)c(O)c1C(=O)c1c(C=O)c(OCc2ccccc2)cc(OCc2ccccc2)c1CC=C(C)C. The number of carbonyl (C=O) groups is 2. The molecule has 0 atom stereocenters. The largest absolute Gasteiger partial charge is 0.505 e. The predicted molar refractivity (Wildman–Crippen MR) is 169 cm³/mol. The fraction of sp³-hybridized carbons (Fsp3) is 0.200. The summed E-state index contributed by atoms with van der Waals surface area (Å²) >= 11 is 12.9. The molecule has 0 fully saturated rings. The third-order valence-corrected chi connectivity index (χ3v) is 7.81. The maximum absolute atomic E-state index is 14.5. The highest BCUT2D eigenvalue weighted by Crippen LogP contribution is 2.46. The summed E-state index contributed by atoms with van der Waals surface area (Å²) in [6, 6.07) is 20.6. The van der Waals surface area contributed by atoms with Crippen LogP contribution in [0.25, 0.3) is 0 Å². The number of phenols is 1. The second-order valence-corrected chi connectivity index (χ2v) is 10.9. The van der Waals surface area contributed by atoms with Crippen molar-refractivity contribution in [2.75, 3.05) is 7.11 Å². The van der Waals surface area contributed by atoms with Gasteiger partial charge in [0.25, 0.3) is 0 Å². The van der Waals surface area contributed by atoms with Crippen molar-refractivity contribution in [3.63, 3.8) is 0 Å². The molecule has 4 aromatic rings. The van der Waals surface area contributed by atoms with E-state index in [-0.39, 0.29) is 57.9 Å². The molecule has 43 heavy (non-hydrogen) atoms. The van der Waals surface area contributed by atoms with Crippen molar-refractivity contribution in [1.29, 1.82) is 0 Å². The highest BCUT2D eigenvalue weighted by molar-refractivity contribution is 6.39. The van der Waals surface area contributed by atoms with Gasteiger partial charge >= 0.3 is 0 Å². The van der Waals surface area contributed by atoms with Crippen molar-refractivity contribution in [1.82, 2.24) is 0 Å². The highest BCUT2D eigenvalue weighted by atomic mass is 35.5. The Morgan fingerprint density at radius 3 is 1.93 bits per heavy atom. The van der Waals surface area contributed by atoms with Gasteiger partial charge in [-0.3, -0.25) is 9.59 Å². The third kappa shape index (κ3) is 7.04. The molecule has 0 aliphatic rings. The Morgan fingerprint density at radius 1 is 0.860 bits per heavy atom. The average Bonchev–Trinajstić information content (AvgIpc) is 3.02. The van der Waals surface area contributed by atoms with E-state index in [4.69, 9.17) is 37.4 Å². The predicted octanol–water partition coefficient (Wildman–Crippen LogP) is 8.73. The van der Waals surface area contributed by atoms with Crippen molar-refractivity contribution in [3.8, 4) is 23.0 Å². The Morgan fingerprint density at radius 2 is 1.42 bits per heavy atom. The number of aromatic hydroxyl groups is 1. The molecule has 0 spiro atoms. The lowest BCUT2D eigenvalue weighted by Gasteiger charge is -2.21. The zero-order valence-corrected chi connectivity index (χ0v) is 25.9. The van der Waals surface area contributed by atoms with Crippen LogP contribution in [0.1, 0.15) is 62.4 Å². The minimum atomic E-state index is -0.716. The van der Waals surface area contributed by atoms with Gasteiger partial charge in [-0.1, -0.05) is 95.5 Å². The molecule has 0 saturated heterocycles. The molecule has 0 aliphatic heterocycles. The van der Waals surface area contributed by atoms with Crippen LogP contribution in [0.4, 0.5) is 0 Å². The van der Waals surface area contributed by atoms with Crippen molar-refractivity contribution in [2.45, 2.75) is 40.4 Å². The summed E-state index contributed by atoms with van der Waals surface area (Å²) in [6.07, 6.45) is 2.75. The number of hydrogen-bond acceptors (Lipinski definition) is 6. The normalized spacial score (nSPS) is 10.7. The molecule has 0 unspecified atom stereocenters. The van der Waals surface area contributed by atoms with Gasteiger partial charge < -0.3 is 19.3 Å². The maximum atomic E-state index is 14.5. The summed E-state index contributed by atoms with van der Waals surface area (Å²) < 4.78 is 17.9. The first kappa shape index (κ1) is 31.7. The molecular weight excluding hydrogens is 587 g/mol. The van der Waals surface area contributed by atoms with E-state index in [9.17, 15) is 14.7 Å². The minimum Gasteiger partial charge on any atom is -0.505 e. The molecule has 4 aromatic carbocycles. The molecule has 4 rings (SSSR count). The number of hydrogen-bond donors (Lipinski definition) is 1. The van der Waals surface area contributed by atoms with E-state index in [1.165, 1.54) is 7.11 Å². The highest BCUT2D eigenvalue weighted by Gasteiger charge is 2.32. The van der Waals surface area contributed by atoms with Gasteiger partial charge in [0, 0.05) is 17.2 Å². The van der Waals surface area contributed by atoms with Gasteiger partial charge in [-0.05, 0) is 43.9 Å². The molecule has 6 nitrogen and oxygen atoms in total. The quantitative estimate of drug-likeness (QED) is 0.0971. The van der Waals surface area contributed by atoms with Crippen LogP contribution in [-0.2, 0) is 19.6 Å². The third-order valence-electron chi connectivity index (χ3n) is 6.89. The van der Waals surface area contributed by atoms with E-state index in [0.717, 1.165) is 16.7 Å². The molecule has 0 bridgehead atoms. The van der Waals surface area contributed by atoms with Crippen LogP contribution in [0.3, 0.4) is 0 Å². The summed E-state index contributed by atoms with van der Waals surface area (Å²) in [5, 5.41) is 11.1. The summed E-state index contributed by atoms with van der Waals surface area (Å²) in [5.41, 5.74) is 3.28. The lowest BCUT2D eigenvalue weighted by molar-refractivity contribution is 0.102. The summed E-state index contributed by atoms with van der Waals surface area (Å²) in [6.45, 7) is 5.80. The Balaban J connectivity index is 1.98. The fourth-order valence-corrected chi connectivity index (χ4v) is 5.10. The topological polar surface area (TPSA) is 82.1 Å². The first-order chi connectivity index (χ1) is 20.7. The first-order valence-electron chi connectivity index (χ1n) is 13.6. The van der Waals surface area contributed by atoms with Gasteiger partial charge in [-0.2, -0.15) is 0 Å². The van der Waals surface area contributed by atoms with Crippen LogP contribution in [0.5, 0.6) is 23.0 Å². The smallest absolute Gasteiger partial charge is 0.201 e. The Hall–Kier alpha value is -4.26. The number of halogens is 2. The standard InChI is InChI=1S/C35H32Cl2O6/c1-21(2)15-16-25-27(42-19-23-11-7-5-8-12-23)17-28(43-20-24-13-9-6-10-14-24)26(18-38)29(25)33(39)30-34(40)31(36)22(3)32(37)35(30)41-4/h5-15,17-18,40H,16,19-20H2,1-4H3. The summed E-state index contributed by atoms with van der Waals surface area (Å²) in [4.78, 5) is 27.3. The lowest BCUT2D eigenvalue weighted by atomic mass is 9.89. The molecule has 0 aromatic heterocycles. The number of carbonyl (C=O) groups excluding carboxylic acids is 2. The fourth-order valence-electron chi connectivity index (χ4n) is 4.60. The Labute approximate surface area is 261 Å². The second-order valence-electron chi connectivity index (χ2n) is 10.1. The van der Waals surface area contributed by atoms with Gasteiger partial charge in [-0.25, -0.2) is 0 Å². The van der Waals surface area contributed by atoms with Crippen LogP contribution in [0.2, 0.25) is 10.0 Å². The van der Waals surface area contributed by atoms with E-state index in [1.807, 2.05) is 80.6 Å². The van der Waals surface area contributed by atoms with E-state index in [1.54, 1.807) is 13.0 Å². The number of ether oxygens (including phenoxy) is 3. The molecule has 0 aliphatic carbocycles. The molecular formula is C35H32Cl2O6. The lowest BCUT2D eigenvalue weighted by Crippen LogP contribution is -2.15. The van der Waals surface area contributed by atoms with Gasteiger partial charge in [0.1, 0.15) is 36.0 Å². The first-order valence-corrected chi connectivity index (χ1v) is 14.3. The number of allylic oxidation sites excluding steroid dienone is 2. The van der Waals surface area contributed by atoms with Gasteiger partial charge in [0.15, 0.2) is 12.0 Å². The number of benzene rings is 4. The number of ketones is 1. The van der Waals surface area contributed by atoms with E-state index >= 15 is 0 Å². The zero-order valence-electron chi connectivity index (χ0n) is 24.4. The molecule has 0 radical (unpaired) electrons. The Kier molecular flexibility index (Phi) is 10.5. The van der Waals surface area contributed by atoms with Crippen molar-refractivity contribution < 1.29 is 28.9 Å². The molecule has 0 amide bonds. The zero-order chi connectivity index (χ0) is 31.1. The van der Waals surface area contributed by atoms with Crippen LogP contribution in [0.15, 0.2) is 78.4 Å². The number of aldehydes is 1. The molecule has 1 N–H and O–H groups in total. The van der Waals surface area contributed by atoms with Crippen LogP contribution in [0, 0.1) is 6.92 Å². The van der Waals surface area contributed by atoms with Crippen LogP contribution in [-0.4, -0.2) is 24.3 Å². The molecule has 8 heteroatoms. The summed E-state index contributed by atoms with van der Waals surface area (Å²) in [7, 11) is 1.34. The van der Waals surface area contributed by atoms with E-state index < -0.39 is 11.5 Å².